The maximum Gasteiger partial charge on any atom is 0.407 e. The zero-order valence-electron chi connectivity index (χ0n) is 30.3. The van der Waals surface area contributed by atoms with Crippen LogP contribution in [0.25, 0.3) is 0 Å². The predicted molar refractivity (Wildman–Crippen MR) is 188 cm³/mol. The van der Waals surface area contributed by atoms with Gasteiger partial charge in [0.15, 0.2) is 0 Å². The second kappa shape index (κ2) is 23.5. The number of alkyl carbamates (subject to hydrolysis) is 2. The van der Waals surface area contributed by atoms with Crippen LogP contribution in [0.4, 0.5) is 9.59 Å². The molecule has 0 saturated heterocycles. The van der Waals surface area contributed by atoms with E-state index in [0.717, 1.165) is 77.0 Å². The van der Waals surface area contributed by atoms with E-state index >= 15 is 0 Å². The summed E-state index contributed by atoms with van der Waals surface area (Å²) in [5.41, 5.74) is -0.776. The van der Waals surface area contributed by atoms with E-state index in [9.17, 15) is 24.0 Å². The van der Waals surface area contributed by atoms with Gasteiger partial charge >= 0.3 is 12.2 Å². The van der Waals surface area contributed by atoms with Crippen LogP contribution in [0.2, 0.25) is 0 Å². The second-order valence-electron chi connectivity index (χ2n) is 15.0. The molecule has 3 amide bonds. The van der Waals surface area contributed by atoms with Crippen LogP contribution in [-0.2, 0) is 28.6 Å². The number of isocyanates is 2. The molecule has 51 heavy (non-hydrogen) atoms. The van der Waals surface area contributed by atoms with Gasteiger partial charge < -0.3 is 30.2 Å². The van der Waals surface area contributed by atoms with Gasteiger partial charge in [0.1, 0.15) is 19.8 Å². The van der Waals surface area contributed by atoms with Crippen LogP contribution >= 0.6 is 0 Å². The summed E-state index contributed by atoms with van der Waals surface area (Å²) < 4.78 is 16.4. The number of nitriles is 1. The lowest BCUT2D eigenvalue weighted by Crippen LogP contribution is -2.40. The number of amides is 3. The average Bonchev–Trinajstić information content (AvgIpc) is 3.16. The number of hydrogen-bond donors (Lipinski definition) is 3. The minimum atomic E-state index is -0.776. The van der Waals surface area contributed by atoms with Gasteiger partial charge in [-0.25, -0.2) is 29.2 Å². The maximum atomic E-state index is 13.0. The number of hydrogen-bond acceptors (Lipinski definition) is 11. The fourth-order valence-corrected chi connectivity index (χ4v) is 8.02. The SMILES string of the molecule is CCC(CCC(=O)NCC1CCCC(CN=C=O)C1)(COC(=O)NCC1CCCC(CN=C=O)C1)COC(=O)NCC1CCCC(COC#N)C1. The molecule has 284 valence electrons. The van der Waals surface area contributed by atoms with Crippen LogP contribution < -0.4 is 16.0 Å². The summed E-state index contributed by atoms with van der Waals surface area (Å²) in [5.74, 6) is 1.65. The van der Waals surface area contributed by atoms with Gasteiger partial charge in [0.25, 0.3) is 6.26 Å². The Labute approximate surface area is 302 Å². The van der Waals surface area contributed by atoms with E-state index in [4.69, 9.17) is 19.5 Å². The zero-order valence-corrected chi connectivity index (χ0v) is 30.3. The Kier molecular flexibility index (Phi) is 19.1. The monoisotopic (exact) mass is 714 g/mol. The predicted octanol–water partition coefficient (Wildman–Crippen LogP) is 5.32. The van der Waals surface area contributed by atoms with Crippen molar-refractivity contribution in [2.24, 2.45) is 50.9 Å². The van der Waals surface area contributed by atoms with Crippen LogP contribution in [0, 0.1) is 52.4 Å². The molecule has 0 radical (unpaired) electrons. The van der Waals surface area contributed by atoms with E-state index in [-0.39, 0.29) is 43.3 Å². The summed E-state index contributed by atoms with van der Waals surface area (Å²) in [6.07, 6.45) is 16.5. The summed E-state index contributed by atoms with van der Waals surface area (Å²) >= 11 is 0. The molecule has 0 aromatic rings. The molecule has 3 aliphatic carbocycles. The first-order chi connectivity index (χ1) is 24.8. The molecule has 7 unspecified atom stereocenters. The maximum absolute atomic E-state index is 13.0. The van der Waals surface area contributed by atoms with Crippen LogP contribution in [0.1, 0.15) is 103 Å². The van der Waals surface area contributed by atoms with Gasteiger partial charge in [-0.3, -0.25) is 4.79 Å². The van der Waals surface area contributed by atoms with E-state index in [1.807, 2.05) is 6.92 Å². The zero-order chi connectivity index (χ0) is 36.7. The number of rotatable bonds is 20. The van der Waals surface area contributed by atoms with Gasteiger partial charge in [-0.2, -0.15) is 5.26 Å². The molecule has 3 saturated carbocycles. The van der Waals surface area contributed by atoms with Crippen LogP contribution in [0.15, 0.2) is 9.98 Å². The molecule has 0 aromatic carbocycles. The molecule has 0 bridgehead atoms. The standard InChI is InChI=1S/C37H58N6O8/c1-2-37(13-12-34(46)41-19-30-8-3-6-28(14-30)17-39-26-44,23-50-35(47)42-20-31-9-4-7-29(15-31)18-40-27-45)24-51-36(48)43-21-32-10-5-11-33(16-32)22-49-25-38/h28-33H,2-24H2,1H3,(H,41,46)(H,42,47)(H,43,48). The molecule has 3 rings (SSSR count). The molecule has 3 aliphatic rings. The normalized spacial score (nSPS) is 25.6. The Morgan fingerprint density at radius 3 is 1.63 bits per heavy atom. The molecule has 14 heteroatoms. The first-order valence-electron chi connectivity index (χ1n) is 18.9. The smallest absolute Gasteiger partial charge is 0.407 e. The number of nitrogens with zero attached hydrogens (tertiary/aromatic N) is 3. The van der Waals surface area contributed by atoms with Gasteiger partial charge in [-0.15, -0.1) is 0 Å². The molecule has 7 atom stereocenters. The molecule has 0 spiro atoms. The molecular formula is C37H58N6O8. The van der Waals surface area contributed by atoms with E-state index in [1.165, 1.54) is 0 Å². The highest BCUT2D eigenvalue weighted by Crippen LogP contribution is 2.32. The first-order valence-corrected chi connectivity index (χ1v) is 18.9. The van der Waals surface area contributed by atoms with Crippen molar-refractivity contribution < 1.29 is 38.2 Å². The second-order valence-corrected chi connectivity index (χ2v) is 15.0. The Bertz CT molecular complexity index is 1170. The van der Waals surface area contributed by atoms with Crippen molar-refractivity contribution in [2.75, 3.05) is 52.5 Å². The summed E-state index contributed by atoms with van der Waals surface area (Å²) in [6, 6.07) is 0. The van der Waals surface area contributed by atoms with E-state index in [0.29, 0.717) is 69.9 Å². The fraction of sp³-hybridized carbons (Fsp3) is 0.838. The Hall–Kier alpha value is -3.94. The highest BCUT2D eigenvalue weighted by molar-refractivity contribution is 5.76. The topological polar surface area (TPSA) is 198 Å². The molecule has 3 fully saturated rings. The van der Waals surface area contributed by atoms with Crippen molar-refractivity contribution in [1.82, 2.24) is 16.0 Å². The van der Waals surface area contributed by atoms with Gasteiger partial charge in [-0.1, -0.05) is 26.2 Å². The fourth-order valence-electron chi connectivity index (χ4n) is 8.02. The van der Waals surface area contributed by atoms with E-state index in [2.05, 4.69) is 25.9 Å². The van der Waals surface area contributed by atoms with Crippen LogP contribution in [0.3, 0.4) is 0 Å². The number of ether oxygens (including phenoxy) is 3. The van der Waals surface area contributed by atoms with Crippen molar-refractivity contribution in [3.05, 3.63) is 0 Å². The van der Waals surface area contributed by atoms with Gasteiger partial charge in [0, 0.05) is 31.5 Å². The average molecular weight is 715 g/mol. The number of nitrogens with one attached hydrogen (secondary N) is 3. The van der Waals surface area contributed by atoms with Crippen LogP contribution in [0.5, 0.6) is 0 Å². The van der Waals surface area contributed by atoms with Crippen LogP contribution in [-0.4, -0.2) is 82.8 Å². The van der Waals surface area contributed by atoms with Crippen molar-refractivity contribution in [1.29, 1.82) is 5.26 Å². The quantitative estimate of drug-likeness (QED) is 0.0849. The van der Waals surface area contributed by atoms with E-state index < -0.39 is 17.6 Å². The molecule has 0 heterocycles. The summed E-state index contributed by atoms with van der Waals surface area (Å²) in [5, 5.41) is 17.5. The summed E-state index contributed by atoms with van der Waals surface area (Å²) in [6.45, 7) is 4.66. The molecule has 0 aromatic heterocycles. The van der Waals surface area contributed by atoms with Crippen molar-refractivity contribution >= 4 is 30.3 Å². The molecular weight excluding hydrogens is 656 g/mol. The number of aliphatic imine (C=N–C) groups is 2. The first kappa shape index (κ1) is 41.5. The van der Waals surface area contributed by atoms with Gasteiger partial charge in [-0.05, 0) is 106 Å². The van der Waals surface area contributed by atoms with E-state index in [1.54, 1.807) is 18.4 Å². The highest BCUT2D eigenvalue weighted by Gasteiger charge is 2.34. The lowest BCUT2D eigenvalue weighted by atomic mass is 9.81. The van der Waals surface area contributed by atoms with Crippen molar-refractivity contribution in [2.45, 2.75) is 103 Å². The molecule has 0 aliphatic heterocycles. The summed E-state index contributed by atoms with van der Waals surface area (Å²) in [4.78, 5) is 67.3. The minimum absolute atomic E-state index is 0.0255. The third-order valence-corrected chi connectivity index (χ3v) is 11.2. The largest absolute Gasteiger partial charge is 0.449 e. The molecule has 14 nitrogen and oxygen atoms in total. The highest BCUT2D eigenvalue weighted by atomic mass is 16.6. The van der Waals surface area contributed by atoms with Gasteiger partial charge in [0.2, 0.25) is 18.1 Å². The number of carbonyl (C=O) groups excluding carboxylic acids is 5. The lowest BCUT2D eigenvalue weighted by Gasteiger charge is -2.32. The third-order valence-electron chi connectivity index (χ3n) is 11.2. The van der Waals surface area contributed by atoms with Gasteiger partial charge in [0.05, 0.1) is 13.1 Å². The Morgan fingerprint density at radius 2 is 1.16 bits per heavy atom. The Morgan fingerprint density at radius 1 is 0.706 bits per heavy atom. The lowest BCUT2D eigenvalue weighted by molar-refractivity contribution is -0.122. The third kappa shape index (κ3) is 16.3. The molecule has 3 N–H and O–H groups in total. The number of carbonyl (C=O) groups is 3. The minimum Gasteiger partial charge on any atom is -0.449 e. The summed E-state index contributed by atoms with van der Waals surface area (Å²) in [7, 11) is 0. The van der Waals surface area contributed by atoms with Crippen molar-refractivity contribution in [3.63, 3.8) is 0 Å². The Balaban J connectivity index is 1.52. The van der Waals surface area contributed by atoms with Crippen molar-refractivity contribution in [3.8, 4) is 6.26 Å².